The van der Waals surface area contributed by atoms with Gasteiger partial charge >= 0.3 is 52.7 Å². The Morgan fingerprint density at radius 3 is 0.722 bits per heavy atom. The Bertz CT molecular complexity index is 2150. The van der Waals surface area contributed by atoms with Crippen molar-refractivity contribution in [2.75, 3.05) is 14.1 Å². The first-order chi connectivity index (χ1) is 33.7. The first-order valence-electron chi connectivity index (χ1n) is 22.5. The van der Waals surface area contributed by atoms with Crippen molar-refractivity contribution in [2.24, 2.45) is 0 Å². The average molecular weight is 1230 g/mol. The van der Waals surface area contributed by atoms with Crippen LogP contribution in [-0.4, -0.2) is 42.4 Å². The van der Waals surface area contributed by atoms with Gasteiger partial charge in [-0.25, -0.2) is 8.42 Å². The molecule has 72 heavy (non-hydrogen) atoms. The molecular formula is C58H60ClF3N2O3P2PdRuS+2. The second kappa shape index (κ2) is 30.8. The number of hydrogen-bond acceptors (Lipinski definition) is 5. The zero-order valence-corrected chi connectivity index (χ0v) is 48.6. The molecule has 1 aliphatic heterocycles. The van der Waals surface area contributed by atoms with Crippen LogP contribution in [0.1, 0.15) is 55.4 Å². The molecule has 1 saturated heterocycles. The van der Waals surface area contributed by atoms with Crippen molar-refractivity contribution < 1.29 is 63.8 Å². The van der Waals surface area contributed by atoms with Crippen molar-refractivity contribution in [3.05, 3.63) is 248 Å². The van der Waals surface area contributed by atoms with Crippen molar-refractivity contribution in [3.8, 4) is 0 Å². The number of halogens is 4. The van der Waals surface area contributed by atoms with Crippen LogP contribution >= 0.6 is 25.4 Å². The molecule has 0 N–H and O–H groups in total. The Morgan fingerprint density at radius 2 is 0.569 bits per heavy atom. The summed E-state index contributed by atoms with van der Waals surface area (Å²) in [5.41, 5.74) is -5.65. The minimum absolute atomic E-state index is 0. The maximum atomic E-state index is 10.7. The van der Waals surface area contributed by atoms with E-state index in [0.717, 1.165) is 0 Å². The molecule has 6 aromatic rings. The van der Waals surface area contributed by atoms with Gasteiger partial charge in [-0.15, -0.1) is 0 Å². The van der Waals surface area contributed by atoms with Crippen LogP contribution in [0.3, 0.4) is 0 Å². The van der Waals surface area contributed by atoms with Crippen LogP contribution < -0.4 is 31.8 Å². The molecule has 0 amide bonds. The Balaban J connectivity index is 0.000000243. The normalized spacial score (nSPS) is 17.0. The quantitative estimate of drug-likeness (QED) is 0.0720. The molecule has 0 bridgehead atoms. The molecule has 3 aliphatic rings. The van der Waals surface area contributed by atoms with Crippen LogP contribution in [0.5, 0.6) is 0 Å². The summed E-state index contributed by atoms with van der Waals surface area (Å²) in [6.07, 6.45) is 0. The number of likely N-dealkylation sites (N-methyl/N-ethyl adjacent to an activating group) is 2. The number of alkyl halides is 3. The third kappa shape index (κ3) is 17.5. The van der Waals surface area contributed by atoms with Gasteiger partial charge in [0.15, 0.2) is 10.1 Å². The smallest absolute Gasteiger partial charge is 0.0622 e. The van der Waals surface area contributed by atoms with Crippen LogP contribution in [0.4, 0.5) is 13.2 Å². The molecule has 2 saturated carbocycles. The van der Waals surface area contributed by atoms with E-state index in [2.05, 4.69) is 282 Å². The Hall–Kier alpha value is -2.62. The van der Waals surface area contributed by atoms with Gasteiger partial charge < -0.3 is 4.55 Å². The van der Waals surface area contributed by atoms with Crippen molar-refractivity contribution in [3.63, 3.8) is 0 Å². The first kappa shape index (κ1) is 63.7. The van der Waals surface area contributed by atoms with Crippen molar-refractivity contribution >= 4 is 67.3 Å². The van der Waals surface area contributed by atoms with Crippen LogP contribution in [0.25, 0.3) is 0 Å². The van der Waals surface area contributed by atoms with Gasteiger partial charge in [0.25, 0.3) is 0 Å². The fourth-order valence-electron chi connectivity index (χ4n) is 7.90. The van der Waals surface area contributed by atoms with Gasteiger partial charge in [-0.05, 0) is 97.3 Å². The zero-order valence-electron chi connectivity index (χ0n) is 41.9. The van der Waals surface area contributed by atoms with Gasteiger partial charge in [0.2, 0.25) is 0 Å². The molecule has 5 nitrogen and oxygen atoms in total. The van der Waals surface area contributed by atoms with E-state index in [1.165, 1.54) is 91.3 Å². The van der Waals surface area contributed by atoms with E-state index in [9.17, 15) is 13.2 Å². The fourth-order valence-corrected chi connectivity index (χ4v) is 12.5. The molecule has 0 unspecified atom stereocenters. The Kier molecular flexibility index (Phi) is 27.2. The van der Waals surface area contributed by atoms with Gasteiger partial charge in [-0.1, -0.05) is 237 Å². The molecule has 3 fully saturated rings. The van der Waals surface area contributed by atoms with E-state index >= 15 is 0 Å². The van der Waals surface area contributed by atoms with E-state index in [1.807, 2.05) is 14.1 Å². The van der Waals surface area contributed by atoms with Crippen molar-refractivity contribution in [1.29, 1.82) is 0 Å². The molecule has 0 spiro atoms. The van der Waals surface area contributed by atoms with Gasteiger partial charge in [0.05, 0.1) is 12.1 Å². The van der Waals surface area contributed by atoms with Crippen LogP contribution in [-0.2, 0) is 47.8 Å². The van der Waals surface area contributed by atoms with Crippen molar-refractivity contribution in [1.82, 2.24) is 9.80 Å². The molecule has 9 rings (SSSR count). The average Bonchev–Trinajstić information content (AvgIpc) is 3.88. The van der Waals surface area contributed by atoms with E-state index in [0.29, 0.717) is 0 Å². The van der Waals surface area contributed by atoms with E-state index in [1.54, 1.807) is 0 Å². The molecule has 0 atom stereocenters. The first-order valence-corrected chi connectivity index (χ1v) is 28.6. The predicted octanol–water partition coefficient (Wildman–Crippen LogP) is 12.3. The van der Waals surface area contributed by atoms with Gasteiger partial charge in [-0.3, -0.25) is 9.80 Å². The molecule has 6 aromatic carbocycles. The number of fused-ring (bicyclic) bond motifs is 1. The third-order valence-electron chi connectivity index (χ3n) is 12.2. The van der Waals surface area contributed by atoms with E-state index in [-0.39, 0.29) is 19.5 Å². The fraction of sp³-hybridized carbons (Fsp3) is 0.190. The summed E-state index contributed by atoms with van der Waals surface area (Å²) >= 11 is 2.22. The van der Waals surface area contributed by atoms with Crippen LogP contribution in [0.15, 0.2) is 182 Å². The molecule has 2 aliphatic carbocycles. The minimum Gasteiger partial charge on any atom is -0.0622 e. The van der Waals surface area contributed by atoms with E-state index < -0.39 is 31.5 Å². The number of nitrogens with zero attached hydrogens (tertiary/aromatic N) is 2. The molecule has 0 aromatic heterocycles. The SMILES string of the molecule is C[C]1[C](C)[C](C)[C](C)[C]1C.C[C]1[C](C)[C]2[C]([C]1C)N(C)[C]N2C.O=S(=O)([O-])C(F)(F)F.[Cl][Pd+].[Ru+2].c1ccc(P(c2ccccc2)c2ccccc2)cc1.c1ccc(P(c2ccccc2)c2ccccc2)cc1. The Labute approximate surface area is 460 Å². The Morgan fingerprint density at radius 1 is 0.417 bits per heavy atom. The van der Waals surface area contributed by atoms with Crippen molar-refractivity contribution in [2.45, 2.75) is 60.9 Å². The molecule has 380 valence electrons. The van der Waals surface area contributed by atoms with Gasteiger partial charge in [-0.2, -0.15) is 13.2 Å². The summed E-state index contributed by atoms with van der Waals surface area (Å²) in [6.45, 7) is 20.8. The second-order valence-corrected chi connectivity index (χ2v) is 22.3. The van der Waals surface area contributed by atoms with Gasteiger partial charge in [0, 0.05) is 11.8 Å². The summed E-state index contributed by atoms with van der Waals surface area (Å²) in [4.78, 5) is 4.15. The minimum atomic E-state index is -6.09. The molecule has 1 heterocycles. The second-order valence-electron chi connectivity index (χ2n) is 16.5. The summed E-state index contributed by atoms with van der Waals surface area (Å²) in [7, 11) is 1.61. The predicted molar refractivity (Wildman–Crippen MR) is 288 cm³/mol. The number of benzene rings is 6. The number of rotatable bonds is 6. The summed E-state index contributed by atoms with van der Waals surface area (Å²) in [5.74, 6) is 11.5. The summed E-state index contributed by atoms with van der Waals surface area (Å²) in [5, 5.41) is 8.39. The number of hydrogen-bond donors (Lipinski definition) is 0. The molecule has 12 radical (unpaired) electrons. The summed E-state index contributed by atoms with van der Waals surface area (Å²) in [6, 6.07) is 67.3. The van der Waals surface area contributed by atoms with Crippen LogP contribution in [0, 0.1) is 66.1 Å². The largest absolute Gasteiger partial charge is 2.00 e. The summed E-state index contributed by atoms with van der Waals surface area (Å²) < 4.78 is 58.9. The maximum absolute atomic E-state index is 10.7. The molecular weight excluding hydrogens is 1170 g/mol. The molecule has 14 heteroatoms. The monoisotopic (exact) mass is 1230 g/mol. The van der Waals surface area contributed by atoms with Crippen LogP contribution in [0.2, 0.25) is 0 Å². The third-order valence-corrected chi connectivity index (χ3v) is 17.7. The maximum Gasteiger partial charge on any atom is 2.00 e. The standard InChI is InChI=1S/2C18H15P.C11H15N2.C10H15.CHF3O3S.ClH.Pd.Ru/c2*1-4-10-16(11-5-1)19(17-12-6-2-7-13-17)18-14-8-3-9-15-18;1-7-8(2)10-11(9(7)3)13(5)6-12(10)4;1-6-7(2)9(4)10(5)8(6)3;2-1(3,4)8(5,6)7;;;/h2*1-15H;1-5H3;1-5H3;(H,5,6,7);1H;;/q;;;;;;2*+2/p-2. The topological polar surface area (TPSA) is 63.7 Å². The zero-order chi connectivity index (χ0) is 52.5. The van der Waals surface area contributed by atoms with E-state index in [4.69, 9.17) is 13.0 Å². The van der Waals surface area contributed by atoms with Gasteiger partial charge in [0.1, 0.15) is 6.67 Å².